The Morgan fingerprint density at radius 2 is 1.72 bits per heavy atom. The van der Waals surface area contributed by atoms with Crippen LogP contribution >= 0.6 is 0 Å². The zero-order valence-electron chi connectivity index (χ0n) is 14.6. The van der Waals surface area contributed by atoms with Gasteiger partial charge in [0, 0.05) is 44.8 Å². The third kappa shape index (κ3) is 3.83. The number of hydrogen-bond donors (Lipinski definition) is 1. The fraction of sp³-hybridized carbons (Fsp3) is 0.350. The predicted molar refractivity (Wildman–Crippen MR) is 100 cm³/mol. The van der Waals surface area contributed by atoms with E-state index >= 15 is 0 Å². The van der Waals surface area contributed by atoms with Crippen LogP contribution in [0, 0.1) is 0 Å². The molecule has 1 aliphatic heterocycles. The van der Waals surface area contributed by atoms with Crippen LogP contribution in [0.3, 0.4) is 0 Å². The van der Waals surface area contributed by atoms with Crippen LogP contribution in [0.5, 0.6) is 0 Å². The first-order valence-corrected chi connectivity index (χ1v) is 8.79. The van der Waals surface area contributed by atoms with Gasteiger partial charge in [0.15, 0.2) is 11.5 Å². The van der Waals surface area contributed by atoms with Gasteiger partial charge in [0.1, 0.15) is 5.52 Å². The molecule has 3 aromatic rings. The van der Waals surface area contributed by atoms with Crippen molar-refractivity contribution in [2.75, 3.05) is 39.0 Å². The molecule has 0 saturated carbocycles. The minimum atomic E-state index is 0.683. The quantitative estimate of drug-likeness (QED) is 0.743. The molecule has 130 valence electrons. The maximum absolute atomic E-state index is 5.90. The van der Waals surface area contributed by atoms with Crippen molar-refractivity contribution in [3.63, 3.8) is 0 Å². The van der Waals surface area contributed by atoms with E-state index < -0.39 is 0 Å². The SMILES string of the molecule is CN1CCN(Cc2ccc3oc(Cc4ccc(N)cc4)nc3c2)CC1. The number of piperazine rings is 1. The molecule has 25 heavy (non-hydrogen) atoms. The smallest absolute Gasteiger partial charge is 0.199 e. The summed E-state index contributed by atoms with van der Waals surface area (Å²) >= 11 is 0. The standard InChI is InChI=1S/C20H24N4O/c1-23-8-10-24(11-9-23)14-16-4-7-19-18(12-16)22-20(25-19)13-15-2-5-17(21)6-3-15/h2-7,12H,8-11,13-14,21H2,1H3. The van der Waals surface area contributed by atoms with Gasteiger partial charge in [-0.1, -0.05) is 18.2 Å². The van der Waals surface area contributed by atoms with Crippen LogP contribution in [0.25, 0.3) is 11.1 Å². The summed E-state index contributed by atoms with van der Waals surface area (Å²) in [6.07, 6.45) is 0.683. The van der Waals surface area contributed by atoms with Gasteiger partial charge in [-0.25, -0.2) is 4.98 Å². The molecular formula is C20H24N4O. The van der Waals surface area contributed by atoms with Crippen molar-refractivity contribution in [1.82, 2.24) is 14.8 Å². The summed E-state index contributed by atoms with van der Waals surface area (Å²) in [4.78, 5) is 9.54. The monoisotopic (exact) mass is 336 g/mol. The van der Waals surface area contributed by atoms with Gasteiger partial charge in [-0.3, -0.25) is 4.90 Å². The maximum atomic E-state index is 5.90. The van der Waals surface area contributed by atoms with Crippen molar-refractivity contribution < 1.29 is 4.42 Å². The molecule has 2 aromatic carbocycles. The molecule has 2 heterocycles. The van der Waals surface area contributed by atoms with Gasteiger partial charge in [0.05, 0.1) is 0 Å². The van der Waals surface area contributed by atoms with Crippen LogP contribution in [-0.4, -0.2) is 48.0 Å². The fourth-order valence-electron chi connectivity index (χ4n) is 3.27. The fourth-order valence-corrected chi connectivity index (χ4v) is 3.27. The third-order valence-corrected chi connectivity index (χ3v) is 4.83. The summed E-state index contributed by atoms with van der Waals surface area (Å²) in [5.41, 5.74) is 10.8. The van der Waals surface area contributed by atoms with Crippen molar-refractivity contribution in [3.8, 4) is 0 Å². The number of likely N-dealkylation sites (N-methyl/N-ethyl adjacent to an activating group) is 1. The average Bonchev–Trinajstić information content (AvgIpc) is 3.00. The van der Waals surface area contributed by atoms with E-state index in [1.807, 2.05) is 30.3 Å². The highest BCUT2D eigenvalue weighted by Crippen LogP contribution is 2.21. The third-order valence-electron chi connectivity index (χ3n) is 4.83. The largest absolute Gasteiger partial charge is 0.440 e. The molecule has 1 aliphatic rings. The molecule has 0 spiro atoms. The average molecular weight is 336 g/mol. The van der Waals surface area contributed by atoms with Gasteiger partial charge in [-0.15, -0.1) is 0 Å². The lowest BCUT2D eigenvalue weighted by molar-refractivity contribution is 0.148. The number of anilines is 1. The van der Waals surface area contributed by atoms with Gasteiger partial charge >= 0.3 is 0 Å². The van der Waals surface area contributed by atoms with Crippen molar-refractivity contribution in [2.45, 2.75) is 13.0 Å². The molecule has 5 nitrogen and oxygen atoms in total. The maximum Gasteiger partial charge on any atom is 0.199 e. The van der Waals surface area contributed by atoms with Gasteiger partial charge in [0.2, 0.25) is 0 Å². The minimum absolute atomic E-state index is 0.683. The number of oxazole rings is 1. The highest BCUT2D eigenvalue weighted by Gasteiger charge is 2.14. The molecule has 1 saturated heterocycles. The molecule has 5 heteroatoms. The van der Waals surface area contributed by atoms with Crippen molar-refractivity contribution >= 4 is 16.8 Å². The van der Waals surface area contributed by atoms with Crippen LogP contribution in [0.15, 0.2) is 46.9 Å². The van der Waals surface area contributed by atoms with E-state index in [1.54, 1.807) is 0 Å². The number of hydrogen-bond acceptors (Lipinski definition) is 5. The number of rotatable bonds is 4. The number of fused-ring (bicyclic) bond motifs is 1. The van der Waals surface area contributed by atoms with E-state index in [4.69, 9.17) is 10.2 Å². The first-order valence-electron chi connectivity index (χ1n) is 8.79. The summed E-state index contributed by atoms with van der Waals surface area (Å²) in [5.74, 6) is 0.747. The molecule has 0 amide bonds. The van der Waals surface area contributed by atoms with Gasteiger partial charge in [0.25, 0.3) is 0 Å². The number of aromatic nitrogens is 1. The highest BCUT2D eigenvalue weighted by molar-refractivity contribution is 5.73. The summed E-state index contributed by atoms with van der Waals surface area (Å²) in [6, 6.07) is 14.2. The minimum Gasteiger partial charge on any atom is -0.440 e. The Bertz CT molecular complexity index is 848. The van der Waals surface area contributed by atoms with Crippen molar-refractivity contribution in [3.05, 3.63) is 59.5 Å². The van der Waals surface area contributed by atoms with Crippen molar-refractivity contribution in [1.29, 1.82) is 0 Å². The Morgan fingerprint density at radius 1 is 1.00 bits per heavy atom. The van der Waals surface area contributed by atoms with Crippen LogP contribution in [0.4, 0.5) is 5.69 Å². The van der Waals surface area contributed by atoms with E-state index in [2.05, 4.69) is 34.0 Å². The summed E-state index contributed by atoms with van der Waals surface area (Å²) < 4.78 is 5.90. The lowest BCUT2D eigenvalue weighted by Crippen LogP contribution is -2.43. The van der Waals surface area contributed by atoms with Gasteiger partial charge < -0.3 is 15.1 Å². The Morgan fingerprint density at radius 3 is 2.48 bits per heavy atom. The zero-order valence-corrected chi connectivity index (χ0v) is 14.6. The molecule has 0 aliphatic carbocycles. The van der Waals surface area contributed by atoms with E-state index in [1.165, 1.54) is 5.56 Å². The van der Waals surface area contributed by atoms with Crippen LogP contribution < -0.4 is 5.73 Å². The predicted octanol–water partition coefficient (Wildman–Crippen LogP) is 2.75. The van der Waals surface area contributed by atoms with Crippen molar-refractivity contribution in [2.24, 2.45) is 0 Å². The zero-order chi connectivity index (χ0) is 17.2. The molecule has 1 aromatic heterocycles. The highest BCUT2D eigenvalue weighted by atomic mass is 16.3. The molecule has 4 rings (SSSR count). The second kappa shape index (κ2) is 6.86. The molecule has 0 unspecified atom stereocenters. The van der Waals surface area contributed by atoms with Gasteiger partial charge in [-0.2, -0.15) is 0 Å². The molecule has 0 atom stereocenters. The number of nitrogens with two attached hydrogens (primary N) is 1. The first-order chi connectivity index (χ1) is 12.2. The van der Waals surface area contributed by atoms with E-state index in [9.17, 15) is 0 Å². The van der Waals surface area contributed by atoms with E-state index in [0.29, 0.717) is 6.42 Å². The van der Waals surface area contributed by atoms with Crippen LogP contribution in [0.1, 0.15) is 17.0 Å². The topological polar surface area (TPSA) is 58.5 Å². The Kier molecular flexibility index (Phi) is 4.42. The van der Waals surface area contributed by atoms with Crippen LogP contribution in [-0.2, 0) is 13.0 Å². The molecule has 0 radical (unpaired) electrons. The van der Waals surface area contributed by atoms with Crippen LogP contribution in [0.2, 0.25) is 0 Å². The Balaban J connectivity index is 1.48. The Hall–Kier alpha value is -2.37. The summed E-state index contributed by atoms with van der Waals surface area (Å²) in [5, 5.41) is 0. The number of nitrogens with zero attached hydrogens (tertiary/aromatic N) is 3. The molecule has 0 bridgehead atoms. The van der Waals surface area contributed by atoms with E-state index in [0.717, 1.165) is 61.0 Å². The second-order valence-electron chi connectivity index (χ2n) is 6.91. The Labute approximate surface area is 148 Å². The lowest BCUT2D eigenvalue weighted by Gasteiger charge is -2.32. The molecular weight excluding hydrogens is 312 g/mol. The van der Waals surface area contributed by atoms with Gasteiger partial charge in [-0.05, 0) is 42.4 Å². The molecule has 1 fully saturated rings. The number of nitrogen functional groups attached to an aromatic ring is 1. The number of benzene rings is 2. The second-order valence-corrected chi connectivity index (χ2v) is 6.91. The van der Waals surface area contributed by atoms with E-state index in [-0.39, 0.29) is 0 Å². The first kappa shape index (κ1) is 16.1. The molecule has 2 N–H and O–H groups in total. The summed E-state index contributed by atoms with van der Waals surface area (Å²) in [6.45, 7) is 5.49. The normalized spacial score (nSPS) is 16.5. The lowest BCUT2D eigenvalue weighted by atomic mass is 10.1. The summed E-state index contributed by atoms with van der Waals surface area (Å²) in [7, 11) is 2.18.